The minimum atomic E-state index is -0.329. The van der Waals surface area contributed by atoms with Crippen molar-refractivity contribution in [3.05, 3.63) is 10.6 Å². The Bertz CT molecular complexity index is 379. The third-order valence-corrected chi connectivity index (χ3v) is 3.51. The van der Waals surface area contributed by atoms with Gasteiger partial charge < -0.3 is 14.4 Å². The number of hydrogen-bond donors (Lipinski definition) is 0. The molecule has 0 spiro atoms. The molecule has 0 atom stereocenters. The van der Waals surface area contributed by atoms with Gasteiger partial charge in [0.2, 0.25) is 0 Å². The van der Waals surface area contributed by atoms with E-state index in [1.165, 1.54) is 18.4 Å². The molecule has 0 bridgehead atoms. The first-order chi connectivity index (χ1) is 8.10. The Morgan fingerprint density at radius 3 is 2.82 bits per heavy atom. The SMILES string of the molecule is CCOCCN(C)c1nc(C)c(C(=O)OC)s1. The molecule has 1 aromatic rings. The Hall–Kier alpha value is -1.14. The summed E-state index contributed by atoms with van der Waals surface area (Å²) in [5, 5.41) is 0.808. The molecule has 0 unspecified atom stereocenters. The van der Waals surface area contributed by atoms with Gasteiger partial charge in [0.1, 0.15) is 4.88 Å². The fraction of sp³-hybridized carbons (Fsp3) is 0.636. The summed E-state index contributed by atoms with van der Waals surface area (Å²) < 4.78 is 9.97. The van der Waals surface area contributed by atoms with Gasteiger partial charge in [0.05, 0.1) is 19.4 Å². The number of aromatic nitrogens is 1. The van der Waals surface area contributed by atoms with Gasteiger partial charge in [-0.1, -0.05) is 11.3 Å². The number of ether oxygens (including phenoxy) is 2. The third kappa shape index (κ3) is 3.67. The number of carbonyl (C=O) groups excluding carboxylic acids is 1. The maximum atomic E-state index is 11.4. The molecule has 0 aliphatic carbocycles. The third-order valence-electron chi connectivity index (χ3n) is 2.26. The highest BCUT2D eigenvalue weighted by molar-refractivity contribution is 7.17. The number of aryl methyl sites for hydroxylation is 1. The molecule has 6 heteroatoms. The minimum Gasteiger partial charge on any atom is -0.465 e. The van der Waals surface area contributed by atoms with Crippen LogP contribution >= 0.6 is 11.3 Å². The number of anilines is 1. The normalized spacial score (nSPS) is 10.4. The molecule has 0 N–H and O–H groups in total. The van der Waals surface area contributed by atoms with E-state index in [-0.39, 0.29) is 5.97 Å². The van der Waals surface area contributed by atoms with Crippen LogP contribution in [0.3, 0.4) is 0 Å². The summed E-state index contributed by atoms with van der Waals surface area (Å²) in [5.74, 6) is -0.329. The van der Waals surface area contributed by atoms with E-state index in [0.29, 0.717) is 23.8 Å². The first-order valence-corrected chi connectivity index (χ1v) is 6.26. The second kappa shape index (κ2) is 6.56. The van der Waals surface area contributed by atoms with E-state index in [9.17, 15) is 4.79 Å². The van der Waals surface area contributed by atoms with Crippen molar-refractivity contribution in [3.8, 4) is 0 Å². The van der Waals surface area contributed by atoms with Gasteiger partial charge in [-0.2, -0.15) is 0 Å². The summed E-state index contributed by atoms with van der Waals surface area (Å²) in [6, 6.07) is 0. The Kier molecular flexibility index (Phi) is 5.37. The van der Waals surface area contributed by atoms with Crippen LogP contribution in [0.4, 0.5) is 5.13 Å². The van der Waals surface area contributed by atoms with E-state index in [0.717, 1.165) is 11.7 Å². The maximum absolute atomic E-state index is 11.4. The number of methoxy groups -OCH3 is 1. The quantitative estimate of drug-likeness (QED) is 0.574. The summed E-state index contributed by atoms with van der Waals surface area (Å²) in [6.07, 6.45) is 0. The number of nitrogens with zero attached hydrogens (tertiary/aromatic N) is 2. The summed E-state index contributed by atoms with van der Waals surface area (Å²) >= 11 is 1.34. The lowest BCUT2D eigenvalue weighted by atomic mass is 10.4. The van der Waals surface area contributed by atoms with Gasteiger partial charge >= 0.3 is 5.97 Å². The Balaban J connectivity index is 2.68. The van der Waals surface area contributed by atoms with Crippen molar-refractivity contribution < 1.29 is 14.3 Å². The largest absolute Gasteiger partial charge is 0.465 e. The van der Waals surface area contributed by atoms with Crippen molar-refractivity contribution in [2.24, 2.45) is 0 Å². The highest BCUT2D eigenvalue weighted by Gasteiger charge is 2.17. The first kappa shape index (κ1) is 13.9. The van der Waals surface area contributed by atoms with Crippen molar-refractivity contribution in [3.63, 3.8) is 0 Å². The molecular weight excluding hydrogens is 240 g/mol. The van der Waals surface area contributed by atoms with E-state index in [1.54, 1.807) is 0 Å². The van der Waals surface area contributed by atoms with Crippen molar-refractivity contribution in [1.82, 2.24) is 4.98 Å². The van der Waals surface area contributed by atoms with Crippen LogP contribution in [0.15, 0.2) is 0 Å². The van der Waals surface area contributed by atoms with Crippen LogP contribution in [0, 0.1) is 6.92 Å². The lowest BCUT2D eigenvalue weighted by Gasteiger charge is -2.14. The predicted octanol–water partition coefficient (Wildman–Crippen LogP) is 1.71. The molecule has 0 aromatic carbocycles. The average molecular weight is 258 g/mol. The van der Waals surface area contributed by atoms with E-state index in [1.807, 2.05) is 25.8 Å². The molecule has 0 amide bonds. The maximum Gasteiger partial charge on any atom is 0.350 e. The highest BCUT2D eigenvalue weighted by atomic mass is 32.1. The Labute approximate surface area is 105 Å². The van der Waals surface area contributed by atoms with Gasteiger partial charge in [-0.25, -0.2) is 9.78 Å². The number of thiazole rings is 1. The summed E-state index contributed by atoms with van der Waals surface area (Å²) in [6.45, 7) is 5.88. The number of rotatable bonds is 6. The van der Waals surface area contributed by atoms with Gasteiger partial charge in [-0.15, -0.1) is 0 Å². The number of hydrogen-bond acceptors (Lipinski definition) is 6. The van der Waals surface area contributed by atoms with Gasteiger partial charge in [-0.3, -0.25) is 0 Å². The molecule has 1 aromatic heterocycles. The van der Waals surface area contributed by atoms with Crippen LogP contribution < -0.4 is 4.90 Å². The zero-order valence-corrected chi connectivity index (χ0v) is 11.5. The van der Waals surface area contributed by atoms with E-state index < -0.39 is 0 Å². The van der Waals surface area contributed by atoms with Crippen molar-refractivity contribution in [1.29, 1.82) is 0 Å². The predicted molar refractivity (Wildman–Crippen MR) is 68.0 cm³/mol. The zero-order chi connectivity index (χ0) is 12.8. The smallest absolute Gasteiger partial charge is 0.350 e. The van der Waals surface area contributed by atoms with Gasteiger partial charge in [0, 0.05) is 20.2 Å². The van der Waals surface area contributed by atoms with Gasteiger partial charge in [-0.05, 0) is 13.8 Å². The molecule has 5 nitrogen and oxygen atoms in total. The van der Waals surface area contributed by atoms with E-state index in [2.05, 4.69) is 4.98 Å². The van der Waals surface area contributed by atoms with Crippen molar-refractivity contribution >= 4 is 22.4 Å². The number of likely N-dealkylation sites (N-methyl/N-ethyl adjacent to an activating group) is 1. The average Bonchev–Trinajstić information content (AvgIpc) is 2.70. The summed E-state index contributed by atoms with van der Waals surface area (Å²) in [7, 11) is 3.30. The zero-order valence-electron chi connectivity index (χ0n) is 10.6. The highest BCUT2D eigenvalue weighted by Crippen LogP contribution is 2.25. The van der Waals surface area contributed by atoms with Crippen molar-refractivity contribution in [2.75, 3.05) is 38.8 Å². The Morgan fingerprint density at radius 1 is 1.53 bits per heavy atom. The van der Waals surface area contributed by atoms with Crippen LogP contribution in [0.25, 0.3) is 0 Å². The first-order valence-electron chi connectivity index (χ1n) is 5.44. The molecule has 17 heavy (non-hydrogen) atoms. The lowest BCUT2D eigenvalue weighted by Crippen LogP contribution is -2.22. The topological polar surface area (TPSA) is 51.7 Å². The molecule has 0 aliphatic heterocycles. The molecule has 0 aliphatic rings. The van der Waals surface area contributed by atoms with Crippen LogP contribution in [0.1, 0.15) is 22.3 Å². The molecule has 0 fully saturated rings. The molecule has 1 rings (SSSR count). The molecule has 0 radical (unpaired) electrons. The van der Waals surface area contributed by atoms with Crippen LogP contribution in [-0.4, -0.2) is 44.9 Å². The van der Waals surface area contributed by atoms with Crippen LogP contribution in [-0.2, 0) is 9.47 Å². The lowest BCUT2D eigenvalue weighted by molar-refractivity contribution is 0.0605. The van der Waals surface area contributed by atoms with Gasteiger partial charge in [0.25, 0.3) is 0 Å². The second-order valence-electron chi connectivity index (χ2n) is 3.52. The van der Waals surface area contributed by atoms with E-state index >= 15 is 0 Å². The molecule has 0 saturated carbocycles. The molecular formula is C11H18N2O3S. The number of esters is 1. The minimum absolute atomic E-state index is 0.329. The number of carbonyl (C=O) groups is 1. The molecule has 1 heterocycles. The van der Waals surface area contributed by atoms with Crippen molar-refractivity contribution in [2.45, 2.75) is 13.8 Å². The fourth-order valence-corrected chi connectivity index (χ4v) is 2.24. The van der Waals surface area contributed by atoms with Crippen LogP contribution in [0.5, 0.6) is 0 Å². The summed E-state index contributed by atoms with van der Waals surface area (Å²) in [5.41, 5.74) is 0.708. The van der Waals surface area contributed by atoms with Gasteiger partial charge in [0.15, 0.2) is 5.13 Å². The Morgan fingerprint density at radius 2 is 2.24 bits per heavy atom. The molecule has 96 valence electrons. The molecule has 0 saturated heterocycles. The monoisotopic (exact) mass is 258 g/mol. The van der Waals surface area contributed by atoms with E-state index in [4.69, 9.17) is 9.47 Å². The fourth-order valence-electron chi connectivity index (χ4n) is 1.27. The standard InChI is InChI=1S/C11H18N2O3S/c1-5-16-7-6-13(3)11-12-8(2)9(17-11)10(14)15-4/h5-7H2,1-4H3. The van der Waals surface area contributed by atoms with Crippen LogP contribution in [0.2, 0.25) is 0 Å². The second-order valence-corrected chi connectivity index (χ2v) is 4.50. The summed E-state index contributed by atoms with van der Waals surface area (Å²) in [4.78, 5) is 18.3.